The van der Waals surface area contributed by atoms with Crippen LogP contribution in [0.5, 0.6) is 5.75 Å². The minimum absolute atomic E-state index is 0.133. The van der Waals surface area contributed by atoms with Crippen molar-refractivity contribution in [3.8, 4) is 11.8 Å². The molecule has 0 bridgehead atoms. The van der Waals surface area contributed by atoms with Crippen molar-refractivity contribution in [2.45, 2.75) is 25.7 Å². The van der Waals surface area contributed by atoms with E-state index in [-0.39, 0.29) is 24.7 Å². The molecule has 0 spiro atoms. The van der Waals surface area contributed by atoms with Gasteiger partial charge in [-0.25, -0.2) is 0 Å². The largest absolute Gasteiger partial charge is 0.484 e. The summed E-state index contributed by atoms with van der Waals surface area (Å²) in [7, 11) is 0. The summed E-state index contributed by atoms with van der Waals surface area (Å²) < 4.78 is 22.6. The molecule has 146 valence electrons. The quantitative estimate of drug-likeness (QED) is 0.790. The Labute approximate surface area is 163 Å². The van der Waals surface area contributed by atoms with Gasteiger partial charge in [0.1, 0.15) is 24.2 Å². The first-order chi connectivity index (χ1) is 13.7. The van der Waals surface area contributed by atoms with Gasteiger partial charge in [-0.15, -0.1) is 0 Å². The molecule has 28 heavy (non-hydrogen) atoms. The van der Waals surface area contributed by atoms with E-state index in [2.05, 4.69) is 6.07 Å². The van der Waals surface area contributed by atoms with Gasteiger partial charge < -0.3 is 23.5 Å². The minimum Gasteiger partial charge on any atom is -0.484 e. The van der Waals surface area contributed by atoms with Crippen molar-refractivity contribution in [3.05, 3.63) is 53.5 Å². The maximum Gasteiger partial charge on any atom is 0.289 e. The van der Waals surface area contributed by atoms with E-state index in [1.165, 1.54) is 0 Å². The maximum atomic E-state index is 12.8. The fourth-order valence-corrected chi connectivity index (χ4v) is 3.63. The van der Waals surface area contributed by atoms with E-state index in [1.54, 1.807) is 41.3 Å². The summed E-state index contributed by atoms with van der Waals surface area (Å²) in [6.07, 6.45) is 1.70. The van der Waals surface area contributed by atoms with Crippen molar-refractivity contribution in [2.24, 2.45) is 5.92 Å². The fourth-order valence-electron chi connectivity index (χ4n) is 3.63. The molecule has 0 saturated carbocycles. The number of likely N-dealkylation sites (tertiary alicyclic amines) is 1. The number of nitrogens with zero attached hydrogens (tertiary/aromatic N) is 2. The van der Waals surface area contributed by atoms with Crippen molar-refractivity contribution >= 4 is 5.91 Å². The van der Waals surface area contributed by atoms with Crippen LogP contribution in [-0.2, 0) is 16.1 Å². The zero-order valence-corrected chi connectivity index (χ0v) is 15.5. The van der Waals surface area contributed by atoms with Crippen molar-refractivity contribution in [3.63, 3.8) is 0 Å². The SMILES string of the molecule is N#Cc1ccccc1OCc1ccc(C(=O)N2CCCC(C3OCCO3)C2)o1. The Morgan fingerprint density at radius 1 is 1.21 bits per heavy atom. The number of para-hydroxylation sites is 1. The first-order valence-electron chi connectivity index (χ1n) is 9.48. The Bertz CT molecular complexity index is 866. The molecule has 1 amide bonds. The molecule has 1 aromatic heterocycles. The highest BCUT2D eigenvalue weighted by Crippen LogP contribution is 2.26. The van der Waals surface area contributed by atoms with Gasteiger partial charge in [0, 0.05) is 19.0 Å². The lowest BCUT2D eigenvalue weighted by Crippen LogP contribution is -2.43. The Morgan fingerprint density at radius 2 is 2.04 bits per heavy atom. The molecule has 1 atom stereocenters. The molecule has 2 aromatic rings. The second kappa shape index (κ2) is 8.46. The first-order valence-corrected chi connectivity index (χ1v) is 9.48. The van der Waals surface area contributed by atoms with E-state index >= 15 is 0 Å². The average Bonchev–Trinajstić information content (AvgIpc) is 3.44. The number of amides is 1. The number of nitriles is 1. The van der Waals surface area contributed by atoms with E-state index in [4.69, 9.17) is 23.9 Å². The van der Waals surface area contributed by atoms with E-state index in [0.717, 1.165) is 12.8 Å². The number of rotatable bonds is 5. The highest BCUT2D eigenvalue weighted by molar-refractivity contribution is 5.91. The zero-order chi connectivity index (χ0) is 19.3. The van der Waals surface area contributed by atoms with Crippen LogP contribution in [-0.4, -0.2) is 43.4 Å². The smallest absolute Gasteiger partial charge is 0.289 e. The third-order valence-electron chi connectivity index (χ3n) is 5.03. The number of benzene rings is 1. The molecule has 3 heterocycles. The number of carbonyl (C=O) groups is 1. The van der Waals surface area contributed by atoms with Gasteiger partial charge in [-0.1, -0.05) is 12.1 Å². The molecule has 2 aliphatic heterocycles. The molecular formula is C21H22N2O5. The van der Waals surface area contributed by atoms with Crippen LogP contribution in [0.2, 0.25) is 0 Å². The van der Waals surface area contributed by atoms with Crippen molar-refractivity contribution in [1.29, 1.82) is 5.26 Å². The third kappa shape index (κ3) is 4.03. The molecule has 4 rings (SSSR count). The summed E-state index contributed by atoms with van der Waals surface area (Å²) in [5.74, 6) is 1.38. The minimum atomic E-state index is -0.212. The van der Waals surface area contributed by atoms with Crippen LogP contribution in [0.4, 0.5) is 0 Å². The molecule has 2 fully saturated rings. The van der Waals surface area contributed by atoms with Crippen molar-refractivity contribution in [2.75, 3.05) is 26.3 Å². The Kier molecular flexibility index (Phi) is 5.60. The van der Waals surface area contributed by atoms with Gasteiger partial charge in [0.2, 0.25) is 0 Å². The predicted octanol–water partition coefficient (Wildman–Crippen LogP) is 2.96. The summed E-state index contributed by atoms with van der Waals surface area (Å²) in [4.78, 5) is 14.6. The van der Waals surface area contributed by atoms with Crippen LogP contribution >= 0.6 is 0 Å². The van der Waals surface area contributed by atoms with Gasteiger partial charge >= 0.3 is 0 Å². The van der Waals surface area contributed by atoms with Gasteiger partial charge in [-0.3, -0.25) is 4.79 Å². The first kappa shape index (κ1) is 18.5. The summed E-state index contributed by atoms with van der Waals surface area (Å²) in [6, 6.07) is 12.5. The molecular weight excluding hydrogens is 360 g/mol. The van der Waals surface area contributed by atoms with E-state index < -0.39 is 0 Å². The van der Waals surface area contributed by atoms with E-state index in [1.807, 2.05) is 0 Å². The normalized spacial score (nSPS) is 20.1. The van der Waals surface area contributed by atoms with E-state index in [0.29, 0.717) is 49.1 Å². The highest BCUT2D eigenvalue weighted by atomic mass is 16.7. The lowest BCUT2D eigenvalue weighted by atomic mass is 9.97. The molecule has 7 nitrogen and oxygen atoms in total. The molecule has 0 radical (unpaired) electrons. The summed E-state index contributed by atoms with van der Waals surface area (Å²) in [5.41, 5.74) is 0.459. The van der Waals surface area contributed by atoms with Crippen LogP contribution in [0.1, 0.15) is 34.7 Å². The summed E-state index contributed by atoms with van der Waals surface area (Å²) in [5, 5.41) is 9.12. The average molecular weight is 382 g/mol. The molecule has 0 aliphatic carbocycles. The molecule has 7 heteroatoms. The molecule has 2 saturated heterocycles. The van der Waals surface area contributed by atoms with Crippen LogP contribution in [0, 0.1) is 17.2 Å². The summed E-state index contributed by atoms with van der Waals surface area (Å²) in [6.45, 7) is 2.69. The number of ether oxygens (including phenoxy) is 3. The molecule has 1 unspecified atom stereocenters. The summed E-state index contributed by atoms with van der Waals surface area (Å²) >= 11 is 0. The Balaban J connectivity index is 1.36. The van der Waals surface area contributed by atoms with Crippen LogP contribution in [0.25, 0.3) is 0 Å². The number of piperidine rings is 1. The van der Waals surface area contributed by atoms with Gasteiger partial charge in [0.05, 0.1) is 18.8 Å². The van der Waals surface area contributed by atoms with Crippen LogP contribution in [0.3, 0.4) is 0 Å². The topological polar surface area (TPSA) is 84.9 Å². The number of carbonyl (C=O) groups excluding carboxylic acids is 1. The van der Waals surface area contributed by atoms with Gasteiger partial charge in [0.15, 0.2) is 12.1 Å². The molecule has 0 N–H and O–H groups in total. The second-order valence-electron chi connectivity index (χ2n) is 6.93. The molecule has 2 aliphatic rings. The second-order valence-corrected chi connectivity index (χ2v) is 6.93. The highest BCUT2D eigenvalue weighted by Gasteiger charge is 2.33. The zero-order valence-electron chi connectivity index (χ0n) is 15.5. The monoisotopic (exact) mass is 382 g/mol. The Hall–Kier alpha value is -2.82. The fraction of sp³-hybridized carbons (Fsp3) is 0.429. The van der Waals surface area contributed by atoms with Gasteiger partial charge in [-0.2, -0.15) is 5.26 Å². The number of furan rings is 1. The lowest BCUT2D eigenvalue weighted by Gasteiger charge is -2.34. The van der Waals surface area contributed by atoms with Gasteiger partial charge in [0.25, 0.3) is 5.91 Å². The number of hydrogen-bond acceptors (Lipinski definition) is 6. The van der Waals surface area contributed by atoms with E-state index in [9.17, 15) is 4.79 Å². The predicted molar refractivity (Wildman–Crippen MR) is 98.5 cm³/mol. The number of hydrogen-bond donors (Lipinski definition) is 0. The third-order valence-corrected chi connectivity index (χ3v) is 5.03. The van der Waals surface area contributed by atoms with Crippen LogP contribution in [0.15, 0.2) is 40.8 Å². The Morgan fingerprint density at radius 3 is 2.86 bits per heavy atom. The lowest BCUT2D eigenvalue weighted by molar-refractivity contribution is -0.0970. The van der Waals surface area contributed by atoms with Crippen molar-refractivity contribution < 1.29 is 23.4 Å². The molecule has 1 aromatic carbocycles. The standard InChI is InChI=1S/C21H22N2O5/c22-12-15-4-1-2-6-18(15)27-14-17-7-8-19(28-17)20(24)23-9-3-5-16(13-23)21-25-10-11-26-21/h1-2,4,6-8,16,21H,3,5,9-11,13-14H2. The van der Waals surface area contributed by atoms with Crippen LogP contribution < -0.4 is 4.74 Å². The van der Waals surface area contributed by atoms with Gasteiger partial charge in [-0.05, 0) is 37.1 Å². The maximum absolute atomic E-state index is 12.8. The van der Waals surface area contributed by atoms with Crippen molar-refractivity contribution in [1.82, 2.24) is 4.90 Å².